The number of nitrogens with one attached hydrogen (secondary N) is 1. The summed E-state index contributed by atoms with van der Waals surface area (Å²) in [6.07, 6.45) is 0. The minimum absolute atomic E-state index is 0.511. The van der Waals surface area contributed by atoms with Gasteiger partial charge in [-0.05, 0) is 37.5 Å². The Hall–Kier alpha value is -1.61. The maximum Gasteiger partial charge on any atom is 0.0662 e. The van der Waals surface area contributed by atoms with E-state index in [1.165, 1.54) is 22.4 Å². The molecule has 0 aliphatic heterocycles. The van der Waals surface area contributed by atoms with Crippen molar-refractivity contribution in [1.82, 2.24) is 15.1 Å². The number of benzene rings is 1. The molecule has 0 spiro atoms. The monoisotopic (exact) mass is 271 g/mol. The van der Waals surface area contributed by atoms with Crippen LogP contribution in [-0.4, -0.2) is 15.8 Å². The highest BCUT2D eigenvalue weighted by molar-refractivity contribution is 5.26. The summed E-state index contributed by atoms with van der Waals surface area (Å²) in [6, 6.07) is 9.25. The lowest BCUT2D eigenvalue weighted by Gasteiger charge is -2.10. The van der Waals surface area contributed by atoms with Gasteiger partial charge in [0, 0.05) is 18.3 Å². The third-order valence-electron chi connectivity index (χ3n) is 3.78. The van der Waals surface area contributed by atoms with Gasteiger partial charge in [0.1, 0.15) is 0 Å². The van der Waals surface area contributed by atoms with Crippen molar-refractivity contribution in [3.05, 3.63) is 52.3 Å². The van der Waals surface area contributed by atoms with E-state index in [-0.39, 0.29) is 0 Å². The van der Waals surface area contributed by atoms with Gasteiger partial charge in [-0.2, -0.15) is 5.10 Å². The second-order valence-corrected chi connectivity index (χ2v) is 5.81. The summed E-state index contributed by atoms with van der Waals surface area (Å²) in [6.45, 7) is 12.4. The number of nitrogens with zero attached hydrogens (tertiary/aromatic N) is 2. The van der Waals surface area contributed by atoms with Crippen LogP contribution >= 0.6 is 0 Å². The van der Waals surface area contributed by atoms with E-state index in [4.69, 9.17) is 0 Å². The topological polar surface area (TPSA) is 29.9 Å². The zero-order chi connectivity index (χ0) is 14.7. The maximum absolute atomic E-state index is 4.61. The highest BCUT2D eigenvalue weighted by Gasteiger charge is 2.07. The molecule has 0 fully saturated rings. The number of hydrogen-bond donors (Lipinski definition) is 1. The Kier molecular flexibility index (Phi) is 4.61. The molecule has 0 saturated carbocycles. The van der Waals surface area contributed by atoms with Crippen molar-refractivity contribution in [3.63, 3.8) is 0 Å². The van der Waals surface area contributed by atoms with Gasteiger partial charge in [-0.15, -0.1) is 0 Å². The molecule has 1 N–H and O–H groups in total. The average molecular weight is 271 g/mol. The normalized spacial score (nSPS) is 11.3. The largest absolute Gasteiger partial charge is 0.310 e. The molecule has 20 heavy (non-hydrogen) atoms. The molecule has 0 atom stereocenters. The lowest BCUT2D eigenvalue weighted by Crippen LogP contribution is -2.21. The molecule has 1 aromatic heterocycles. The van der Waals surface area contributed by atoms with Crippen molar-refractivity contribution in [3.8, 4) is 0 Å². The molecule has 0 bridgehead atoms. The molecule has 2 rings (SSSR count). The van der Waals surface area contributed by atoms with Crippen LogP contribution in [-0.2, 0) is 13.1 Å². The Balaban J connectivity index is 2.13. The third kappa shape index (κ3) is 3.48. The predicted molar refractivity (Wildman–Crippen MR) is 84.0 cm³/mol. The molecular weight excluding hydrogens is 246 g/mol. The first kappa shape index (κ1) is 14.8. The summed E-state index contributed by atoms with van der Waals surface area (Å²) in [5.41, 5.74) is 6.31. The molecule has 108 valence electrons. The summed E-state index contributed by atoms with van der Waals surface area (Å²) in [4.78, 5) is 0. The molecule has 0 radical (unpaired) electrons. The molecule has 0 aliphatic carbocycles. The van der Waals surface area contributed by atoms with E-state index in [2.05, 4.69) is 74.0 Å². The molecule has 1 aromatic carbocycles. The molecular formula is C17H25N3. The van der Waals surface area contributed by atoms with Gasteiger partial charge in [0.15, 0.2) is 0 Å². The van der Waals surface area contributed by atoms with Crippen LogP contribution in [0.2, 0.25) is 0 Å². The molecule has 0 saturated heterocycles. The molecule has 1 heterocycles. The Morgan fingerprint density at radius 2 is 1.85 bits per heavy atom. The van der Waals surface area contributed by atoms with Crippen LogP contribution < -0.4 is 5.32 Å². The minimum Gasteiger partial charge on any atom is -0.310 e. The SMILES string of the molecule is Cc1nn(Cc2cccc(CNC(C)C)c2)c(C)c1C. The van der Waals surface area contributed by atoms with E-state index in [1.54, 1.807) is 0 Å². The van der Waals surface area contributed by atoms with E-state index in [0.717, 1.165) is 18.8 Å². The first-order chi connectivity index (χ1) is 9.47. The fourth-order valence-electron chi connectivity index (χ4n) is 2.27. The number of hydrogen-bond acceptors (Lipinski definition) is 2. The van der Waals surface area contributed by atoms with Crippen LogP contribution in [0, 0.1) is 20.8 Å². The molecule has 0 unspecified atom stereocenters. The lowest BCUT2D eigenvalue weighted by atomic mass is 10.1. The zero-order valence-electron chi connectivity index (χ0n) is 13.2. The van der Waals surface area contributed by atoms with Crippen molar-refractivity contribution in [2.45, 2.75) is 53.8 Å². The second-order valence-electron chi connectivity index (χ2n) is 5.81. The summed E-state index contributed by atoms with van der Waals surface area (Å²) in [7, 11) is 0. The van der Waals surface area contributed by atoms with E-state index in [9.17, 15) is 0 Å². The smallest absolute Gasteiger partial charge is 0.0662 e. The highest BCUT2D eigenvalue weighted by atomic mass is 15.3. The van der Waals surface area contributed by atoms with Gasteiger partial charge < -0.3 is 5.32 Å². The zero-order valence-corrected chi connectivity index (χ0v) is 13.2. The summed E-state index contributed by atoms with van der Waals surface area (Å²) >= 11 is 0. The predicted octanol–water partition coefficient (Wildman–Crippen LogP) is 3.35. The van der Waals surface area contributed by atoms with Crippen LogP contribution in [0.15, 0.2) is 24.3 Å². The first-order valence-corrected chi connectivity index (χ1v) is 7.29. The quantitative estimate of drug-likeness (QED) is 0.903. The molecule has 0 amide bonds. The fourth-order valence-corrected chi connectivity index (χ4v) is 2.27. The Morgan fingerprint density at radius 1 is 1.15 bits per heavy atom. The second kappa shape index (κ2) is 6.23. The summed E-state index contributed by atoms with van der Waals surface area (Å²) in [5, 5.41) is 8.06. The van der Waals surface area contributed by atoms with Gasteiger partial charge in [0.05, 0.1) is 12.2 Å². The van der Waals surface area contributed by atoms with Gasteiger partial charge in [-0.3, -0.25) is 4.68 Å². The third-order valence-corrected chi connectivity index (χ3v) is 3.78. The van der Waals surface area contributed by atoms with Crippen molar-refractivity contribution < 1.29 is 0 Å². The maximum atomic E-state index is 4.61. The van der Waals surface area contributed by atoms with Crippen molar-refractivity contribution in [2.75, 3.05) is 0 Å². The van der Waals surface area contributed by atoms with E-state index in [0.29, 0.717) is 6.04 Å². The number of rotatable bonds is 5. The van der Waals surface area contributed by atoms with Crippen LogP contribution in [0.3, 0.4) is 0 Å². The van der Waals surface area contributed by atoms with E-state index >= 15 is 0 Å². The van der Waals surface area contributed by atoms with E-state index in [1.807, 2.05) is 0 Å². The molecule has 0 aliphatic rings. The van der Waals surface area contributed by atoms with Crippen molar-refractivity contribution >= 4 is 0 Å². The van der Waals surface area contributed by atoms with Crippen molar-refractivity contribution in [1.29, 1.82) is 0 Å². The summed E-state index contributed by atoms with van der Waals surface area (Å²) in [5.74, 6) is 0. The molecule has 3 nitrogen and oxygen atoms in total. The number of aryl methyl sites for hydroxylation is 1. The first-order valence-electron chi connectivity index (χ1n) is 7.29. The van der Waals surface area contributed by atoms with Crippen LogP contribution in [0.1, 0.15) is 41.9 Å². The van der Waals surface area contributed by atoms with Gasteiger partial charge in [0.2, 0.25) is 0 Å². The van der Waals surface area contributed by atoms with Gasteiger partial charge in [0.25, 0.3) is 0 Å². The molecule has 2 aromatic rings. The van der Waals surface area contributed by atoms with Crippen molar-refractivity contribution in [2.24, 2.45) is 0 Å². The Bertz CT molecular complexity index is 582. The fraction of sp³-hybridized carbons (Fsp3) is 0.471. The lowest BCUT2D eigenvalue weighted by molar-refractivity contribution is 0.587. The standard InChI is InChI=1S/C17H25N3/c1-12(2)18-10-16-7-6-8-17(9-16)11-20-15(5)13(3)14(4)19-20/h6-9,12,18H,10-11H2,1-5H3. The van der Waals surface area contributed by atoms with Crippen LogP contribution in [0.5, 0.6) is 0 Å². The molecule has 3 heteroatoms. The van der Waals surface area contributed by atoms with Gasteiger partial charge in [-0.25, -0.2) is 0 Å². The average Bonchev–Trinajstić information content (AvgIpc) is 2.65. The Morgan fingerprint density at radius 3 is 2.45 bits per heavy atom. The Labute approximate surface area is 122 Å². The number of aromatic nitrogens is 2. The van der Waals surface area contributed by atoms with Crippen LogP contribution in [0.25, 0.3) is 0 Å². The summed E-state index contributed by atoms with van der Waals surface area (Å²) < 4.78 is 2.10. The van der Waals surface area contributed by atoms with Gasteiger partial charge in [-0.1, -0.05) is 38.1 Å². The minimum atomic E-state index is 0.511. The highest BCUT2D eigenvalue weighted by Crippen LogP contribution is 2.14. The van der Waals surface area contributed by atoms with E-state index < -0.39 is 0 Å². The van der Waals surface area contributed by atoms with Crippen LogP contribution in [0.4, 0.5) is 0 Å². The van der Waals surface area contributed by atoms with Gasteiger partial charge >= 0.3 is 0 Å².